The van der Waals surface area contributed by atoms with Gasteiger partial charge in [0.25, 0.3) is 0 Å². The molecule has 0 fully saturated rings. The number of anilines is 1. The van der Waals surface area contributed by atoms with Gasteiger partial charge in [0.2, 0.25) is 0 Å². The molecular weight excluding hydrogens is 148 g/mol. The first-order chi connectivity index (χ1) is 5.86. The summed E-state index contributed by atoms with van der Waals surface area (Å²) in [5.74, 6) is 0. The maximum absolute atomic E-state index is 8.67. The molecule has 1 aromatic carbocycles. The van der Waals surface area contributed by atoms with Gasteiger partial charge in [-0.3, -0.25) is 0 Å². The van der Waals surface area contributed by atoms with Crippen molar-refractivity contribution in [1.29, 1.82) is 5.26 Å². The van der Waals surface area contributed by atoms with Crippen LogP contribution in [0.4, 0.5) is 5.69 Å². The summed E-state index contributed by atoms with van der Waals surface area (Å²) >= 11 is 0. The number of hydrogen-bond acceptors (Lipinski definition) is 2. The number of nitrogens with zero attached hydrogens (tertiary/aromatic N) is 1. The molecule has 2 nitrogen and oxygen atoms in total. The lowest BCUT2D eigenvalue weighted by Gasteiger charge is -2.09. The molecule has 0 saturated carbocycles. The van der Waals surface area contributed by atoms with Crippen LogP contribution in [-0.2, 0) is 0 Å². The molecule has 0 radical (unpaired) electrons. The molecule has 1 atom stereocenters. The van der Waals surface area contributed by atoms with Crippen molar-refractivity contribution in [2.24, 2.45) is 0 Å². The van der Waals surface area contributed by atoms with E-state index in [0.29, 0.717) is 0 Å². The number of benzene rings is 1. The van der Waals surface area contributed by atoms with Crippen LogP contribution in [-0.4, -0.2) is 6.04 Å². The highest BCUT2D eigenvalue weighted by atomic mass is 14.9. The lowest BCUT2D eigenvalue weighted by atomic mass is 10.2. The summed E-state index contributed by atoms with van der Waals surface area (Å²) in [6, 6.07) is 11.9. The lowest BCUT2D eigenvalue weighted by molar-refractivity contribution is 0.845. The smallest absolute Gasteiger partial charge is 0.114 e. The van der Waals surface area contributed by atoms with E-state index >= 15 is 0 Å². The van der Waals surface area contributed by atoms with Crippen LogP contribution in [0, 0.1) is 11.3 Å². The molecule has 2 heteroatoms. The van der Waals surface area contributed by atoms with Gasteiger partial charge >= 0.3 is 0 Å². The summed E-state index contributed by atoms with van der Waals surface area (Å²) in [5, 5.41) is 11.8. The van der Waals surface area contributed by atoms with E-state index in [1.54, 1.807) is 0 Å². The van der Waals surface area contributed by atoms with E-state index in [-0.39, 0.29) is 6.04 Å². The number of hydrogen-bond donors (Lipinski definition) is 1. The van der Waals surface area contributed by atoms with Gasteiger partial charge in [-0.2, -0.15) is 5.26 Å². The number of para-hydroxylation sites is 1. The Bertz CT molecular complexity index is 261. The summed E-state index contributed by atoms with van der Waals surface area (Å²) in [4.78, 5) is 0. The predicted octanol–water partition coefficient (Wildman–Crippen LogP) is 2.40. The van der Waals surface area contributed by atoms with Gasteiger partial charge in [-0.05, 0) is 18.6 Å². The Kier molecular flexibility index (Phi) is 3.16. The minimum absolute atomic E-state index is 0.0765. The van der Waals surface area contributed by atoms with Crippen molar-refractivity contribution in [3.8, 4) is 6.07 Å². The molecule has 0 heterocycles. The second kappa shape index (κ2) is 4.40. The summed E-state index contributed by atoms with van der Waals surface area (Å²) in [7, 11) is 0. The van der Waals surface area contributed by atoms with Crippen LogP contribution >= 0.6 is 0 Å². The SMILES string of the molecule is CCC(C#N)Nc1ccccc1. The van der Waals surface area contributed by atoms with E-state index in [4.69, 9.17) is 5.26 Å². The molecule has 1 unspecified atom stereocenters. The Balaban J connectivity index is 2.58. The Hall–Kier alpha value is -1.49. The van der Waals surface area contributed by atoms with Crippen molar-refractivity contribution in [3.63, 3.8) is 0 Å². The summed E-state index contributed by atoms with van der Waals surface area (Å²) < 4.78 is 0. The molecule has 1 aromatic rings. The largest absolute Gasteiger partial charge is 0.370 e. The van der Waals surface area contributed by atoms with E-state index in [1.165, 1.54) is 0 Å². The standard InChI is InChI=1S/C10H12N2/c1-2-9(8-11)12-10-6-4-3-5-7-10/h3-7,9,12H,2H2,1H3. The first kappa shape index (κ1) is 8.61. The molecule has 0 bridgehead atoms. The van der Waals surface area contributed by atoms with Crippen molar-refractivity contribution in [2.45, 2.75) is 19.4 Å². The number of rotatable bonds is 3. The molecule has 62 valence electrons. The fourth-order valence-corrected chi connectivity index (χ4v) is 0.961. The quantitative estimate of drug-likeness (QED) is 0.737. The monoisotopic (exact) mass is 160 g/mol. The van der Waals surface area contributed by atoms with Gasteiger partial charge in [0.05, 0.1) is 6.07 Å². The van der Waals surface area contributed by atoms with Gasteiger partial charge in [0, 0.05) is 5.69 Å². The molecule has 12 heavy (non-hydrogen) atoms. The second-order valence-electron chi connectivity index (χ2n) is 2.60. The van der Waals surface area contributed by atoms with Crippen LogP contribution in [0.15, 0.2) is 30.3 Å². The number of nitrogens with one attached hydrogen (secondary N) is 1. The zero-order valence-electron chi connectivity index (χ0n) is 7.12. The van der Waals surface area contributed by atoms with Crippen LogP contribution in [0.5, 0.6) is 0 Å². The molecule has 1 N–H and O–H groups in total. The van der Waals surface area contributed by atoms with Crippen molar-refractivity contribution >= 4 is 5.69 Å². The Morgan fingerprint density at radius 1 is 1.42 bits per heavy atom. The maximum atomic E-state index is 8.67. The van der Waals surface area contributed by atoms with E-state index in [9.17, 15) is 0 Å². The van der Waals surface area contributed by atoms with Crippen LogP contribution in [0.1, 0.15) is 13.3 Å². The Morgan fingerprint density at radius 2 is 2.08 bits per heavy atom. The minimum Gasteiger partial charge on any atom is -0.370 e. The van der Waals surface area contributed by atoms with Crippen LogP contribution in [0.3, 0.4) is 0 Å². The van der Waals surface area contributed by atoms with Crippen molar-refractivity contribution in [2.75, 3.05) is 5.32 Å². The average Bonchev–Trinajstić information content (AvgIpc) is 2.16. The lowest BCUT2D eigenvalue weighted by Crippen LogP contribution is -2.15. The first-order valence-electron chi connectivity index (χ1n) is 4.08. The third-order valence-electron chi connectivity index (χ3n) is 1.68. The third-order valence-corrected chi connectivity index (χ3v) is 1.68. The molecule has 0 aromatic heterocycles. The van der Waals surface area contributed by atoms with E-state index in [2.05, 4.69) is 11.4 Å². The van der Waals surface area contributed by atoms with Crippen LogP contribution in [0.2, 0.25) is 0 Å². The molecular formula is C10H12N2. The zero-order chi connectivity index (χ0) is 8.81. The second-order valence-corrected chi connectivity index (χ2v) is 2.60. The number of nitriles is 1. The van der Waals surface area contributed by atoms with Crippen molar-refractivity contribution < 1.29 is 0 Å². The summed E-state index contributed by atoms with van der Waals surface area (Å²) in [6.45, 7) is 1.99. The fraction of sp³-hybridized carbons (Fsp3) is 0.300. The molecule has 0 saturated heterocycles. The van der Waals surface area contributed by atoms with Gasteiger partial charge in [-0.1, -0.05) is 25.1 Å². The van der Waals surface area contributed by atoms with Crippen molar-refractivity contribution in [1.82, 2.24) is 0 Å². The third kappa shape index (κ3) is 2.28. The molecule has 0 spiro atoms. The normalized spacial score (nSPS) is 11.7. The van der Waals surface area contributed by atoms with E-state index in [0.717, 1.165) is 12.1 Å². The summed E-state index contributed by atoms with van der Waals surface area (Å²) in [5.41, 5.74) is 1.01. The van der Waals surface area contributed by atoms with Crippen LogP contribution < -0.4 is 5.32 Å². The van der Waals surface area contributed by atoms with Crippen molar-refractivity contribution in [3.05, 3.63) is 30.3 Å². The topological polar surface area (TPSA) is 35.8 Å². The van der Waals surface area contributed by atoms with E-state index in [1.807, 2.05) is 37.3 Å². The van der Waals surface area contributed by atoms with E-state index < -0.39 is 0 Å². The highest BCUT2D eigenvalue weighted by molar-refractivity contribution is 5.44. The molecule has 0 amide bonds. The Labute approximate surface area is 72.8 Å². The highest BCUT2D eigenvalue weighted by Crippen LogP contribution is 2.07. The summed E-state index contributed by atoms with van der Waals surface area (Å²) in [6.07, 6.45) is 0.825. The average molecular weight is 160 g/mol. The molecule has 1 rings (SSSR count). The molecule has 0 aliphatic carbocycles. The minimum atomic E-state index is -0.0765. The fourth-order valence-electron chi connectivity index (χ4n) is 0.961. The molecule has 0 aliphatic heterocycles. The van der Waals surface area contributed by atoms with Gasteiger partial charge in [-0.15, -0.1) is 0 Å². The van der Waals surface area contributed by atoms with Gasteiger partial charge in [0.15, 0.2) is 0 Å². The highest BCUT2D eigenvalue weighted by Gasteiger charge is 2.01. The maximum Gasteiger partial charge on any atom is 0.114 e. The predicted molar refractivity (Wildman–Crippen MR) is 49.8 cm³/mol. The van der Waals surface area contributed by atoms with Gasteiger partial charge in [0.1, 0.15) is 6.04 Å². The first-order valence-corrected chi connectivity index (χ1v) is 4.08. The van der Waals surface area contributed by atoms with Gasteiger partial charge < -0.3 is 5.32 Å². The van der Waals surface area contributed by atoms with Crippen LogP contribution in [0.25, 0.3) is 0 Å². The Morgan fingerprint density at radius 3 is 2.58 bits per heavy atom. The van der Waals surface area contributed by atoms with Gasteiger partial charge in [-0.25, -0.2) is 0 Å². The zero-order valence-corrected chi connectivity index (χ0v) is 7.12. The molecule has 0 aliphatic rings.